The molecule has 2 saturated heterocycles. The summed E-state index contributed by atoms with van der Waals surface area (Å²) in [5.74, 6) is -4.52. The van der Waals surface area contributed by atoms with Gasteiger partial charge in [0.2, 0.25) is 5.79 Å². The highest BCUT2D eigenvalue weighted by molar-refractivity contribution is 6.06. The van der Waals surface area contributed by atoms with Crippen molar-refractivity contribution in [3.8, 4) is 5.75 Å². The summed E-state index contributed by atoms with van der Waals surface area (Å²) in [5.41, 5.74) is -2.52. The summed E-state index contributed by atoms with van der Waals surface area (Å²) in [7, 11) is 1.58. The lowest BCUT2D eigenvalue weighted by atomic mass is 9.36. The van der Waals surface area contributed by atoms with Crippen LogP contribution in [0.5, 0.6) is 5.75 Å². The summed E-state index contributed by atoms with van der Waals surface area (Å²) in [6.07, 6.45) is 2.15. The van der Waals surface area contributed by atoms with E-state index in [1.165, 1.54) is 0 Å². The van der Waals surface area contributed by atoms with Crippen LogP contribution in [0.3, 0.4) is 0 Å². The van der Waals surface area contributed by atoms with Gasteiger partial charge >= 0.3 is 5.97 Å². The molecule has 1 aromatic carbocycles. The molecule has 0 aromatic heterocycles. The molecular weight excluding hydrogens is 576 g/mol. The maximum Gasteiger partial charge on any atom is 0.309 e. The number of hydrogen-bond acceptors (Lipinski definition) is 9. The van der Waals surface area contributed by atoms with Gasteiger partial charge in [-0.25, -0.2) is 0 Å². The van der Waals surface area contributed by atoms with E-state index >= 15 is 0 Å². The summed E-state index contributed by atoms with van der Waals surface area (Å²) >= 11 is 0. The summed E-state index contributed by atoms with van der Waals surface area (Å²) < 4.78 is 17.5. The lowest BCUT2D eigenvalue weighted by Crippen LogP contribution is -2.85. The largest absolute Gasteiger partial charge is 0.497 e. The Morgan fingerprint density at radius 2 is 1.73 bits per heavy atom. The zero-order valence-electron chi connectivity index (χ0n) is 26.4. The Balaban J connectivity index is 1.12. The fraction of sp³-hybridized carbons (Fsp3) is 0.667. The molecule has 0 radical (unpaired) electrons. The first-order valence-electron chi connectivity index (χ1n) is 16.5. The second-order valence-electron chi connectivity index (χ2n) is 15.3. The molecular formula is C36H44O9. The molecule has 0 unspecified atom stereocenters. The van der Waals surface area contributed by atoms with Crippen molar-refractivity contribution >= 4 is 23.3 Å². The van der Waals surface area contributed by atoms with Gasteiger partial charge in [-0.1, -0.05) is 20.4 Å². The zero-order chi connectivity index (χ0) is 32.1. The first kappa shape index (κ1) is 30.8. The first-order valence-corrected chi connectivity index (χ1v) is 16.5. The molecule has 9 nitrogen and oxygen atoms in total. The van der Waals surface area contributed by atoms with Crippen molar-refractivity contribution in [2.45, 2.75) is 89.6 Å². The van der Waals surface area contributed by atoms with Gasteiger partial charge in [0.15, 0.2) is 11.6 Å². The van der Waals surface area contributed by atoms with Crippen molar-refractivity contribution in [2.75, 3.05) is 13.7 Å². The van der Waals surface area contributed by atoms with Crippen molar-refractivity contribution in [2.24, 2.45) is 45.8 Å². The number of fused-ring (bicyclic) bond motifs is 2. The van der Waals surface area contributed by atoms with Crippen LogP contribution in [-0.2, 0) is 23.9 Å². The number of carbonyl (C=O) groups excluding carboxylic acids is 4. The number of aliphatic hydroxyl groups is 2. The summed E-state index contributed by atoms with van der Waals surface area (Å²) in [6, 6.07) is 7.07. The molecule has 2 N–H and O–H groups in total. The highest BCUT2D eigenvalue weighted by Gasteiger charge is 2.88. The predicted molar refractivity (Wildman–Crippen MR) is 161 cm³/mol. The van der Waals surface area contributed by atoms with Crippen LogP contribution in [-0.4, -0.2) is 65.2 Å². The smallest absolute Gasteiger partial charge is 0.309 e. The molecule has 8 rings (SSSR count). The molecule has 4 bridgehead atoms. The third kappa shape index (κ3) is 3.96. The van der Waals surface area contributed by atoms with Gasteiger partial charge in [0.25, 0.3) is 0 Å². The Labute approximate surface area is 263 Å². The number of ketones is 3. The van der Waals surface area contributed by atoms with Crippen molar-refractivity contribution in [1.29, 1.82) is 0 Å². The van der Waals surface area contributed by atoms with Crippen LogP contribution in [0.2, 0.25) is 0 Å². The third-order valence-electron chi connectivity index (χ3n) is 12.9. The van der Waals surface area contributed by atoms with Crippen LogP contribution in [0, 0.1) is 45.8 Å². The Hall–Kier alpha value is -2.88. The normalized spacial score (nSPS) is 43.0. The van der Waals surface area contributed by atoms with Crippen LogP contribution < -0.4 is 4.74 Å². The monoisotopic (exact) mass is 620 g/mol. The van der Waals surface area contributed by atoms with Crippen molar-refractivity contribution < 1.29 is 43.6 Å². The van der Waals surface area contributed by atoms with Gasteiger partial charge in [-0.2, -0.15) is 0 Å². The standard InChI is InChI=1S/C36H44O9/c1-19-24-13-14-26-34-18-44-36(42,30(40)28(34)33(2,3)16-15-27(34)38)35(26,29(19)39)31(24)45-32(41)22-7-5-20(6-8-22)17-25(37)21-9-11-23(43-4)12-10-21/h9-12,20,22,24,26,28,30-31,40,42H,1,5-8,13-18H2,2-4H3/t20?,22?,24-,26-,28+,30-,31+,34+,35-,36-/m0/s1. The fourth-order valence-corrected chi connectivity index (χ4v) is 10.7. The van der Waals surface area contributed by atoms with E-state index in [4.69, 9.17) is 14.2 Å². The lowest BCUT2D eigenvalue weighted by Gasteiger charge is -2.73. The van der Waals surface area contributed by atoms with Crippen LogP contribution in [0.25, 0.3) is 0 Å². The van der Waals surface area contributed by atoms with E-state index in [-0.39, 0.29) is 29.7 Å². The van der Waals surface area contributed by atoms with Crippen molar-refractivity contribution in [3.63, 3.8) is 0 Å². The molecule has 242 valence electrons. The molecule has 5 aliphatic carbocycles. The van der Waals surface area contributed by atoms with E-state index in [2.05, 4.69) is 6.58 Å². The Morgan fingerprint density at radius 3 is 2.40 bits per heavy atom. The average Bonchev–Trinajstić information content (AvgIpc) is 3.14. The van der Waals surface area contributed by atoms with Crippen LogP contribution >= 0.6 is 0 Å². The number of carbonyl (C=O) groups is 4. The maximum atomic E-state index is 14.3. The maximum absolute atomic E-state index is 14.3. The predicted octanol–water partition coefficient (Wildman–Crippen LogP) is 4.22. The summed E-state index contributed by atoms with van der Waals surface area (Å²) in [6.45, 7) is 8.03. The number of benzene rings is 1. The van der Waals surface area contributed by atoms with Crippen molar-refractivity contribution in [1.82, 2.24) is 0 Å². The van der Waals surface area contributed by atoms with Gasteiger partial charge in [-0.3, -0.25) is 19.2 Å². The molecule has 45 heavy (non-hydrogen) atoms. The molecule has 2 heterocycles. The topological polar surface area (TPSA) is 136 Å². The highest BCUT2D eigenvalue weighted by atomic mass is 16.6. The van der Waals surface area contributed by atoms with E-state index in [0.29, 0.717) is 69.1 Å². The quantitative estimate of drug-likeness (QED) is 0.272. The fourth-order valence-electron chi connectivity index (χ4n) is 10.7. The molecule has 0 amide bonds. The number of Topliss-reactive ketones (excluding diaryl/α,β-unsaturated/α-hetero) is 3. The highest BCUT2D eigenvalue weighted by Crippen LogP contribution is 2.76. The van der Waals surface area contributed by atoms with E-state index in [0.717, 1.165) is 0 Å². The van der Waals surface area contributed by atoms with Gasteiger partial charge in [0.1, 0.15) is 29.2 Å². The number of aliphatic hydroxyl groups excluding tert-OH is 1. The average molecular weight is 621 g/mol. The molecule has 7 aliphatic rings. The Kier molecular flexibility index (Phi) is 7.05. The minimum atomic E-state index is -2.31. The first-order chi connectivity index (χ1) is 21.3. The zero-order valence-corrected chi connectivity index (χ0v) is 26.4. The van der Waals surface area contributed by atoms with Gasteiger partial charge in [-0.05, 0) is 92.0 Å². The SMILES string of the molecule is C=C1C(=O)[C@]23[C@H](OC(=O)C4CCC(CC(=O)c5ccc(OC)cc5)CC4)[C@H]1CC[C@H]2[C@@]12CO[C@@]3(O)[C@@H](O)[C@@H]1C(C)(C)CCC2=O. The summed E-state index contributed by atoms with van der Waals surface area (Å²) in [5, 5.41) is 24.2. The Bertz CT molecular complexity index is 1450. The number of methoxy groups -OCH3 is 1. The van der Waals surface area contributed by atoms with Gasteiger partial charge < -0.3 is 24.4 Å². The number of esters is 1. The minimum Gasteiger partial charge on any atom is -0.497 e. The van der Waals surface area contributed by atoms with E-state index < -0.39 is 69.7 Å². The van der Waals surface area contributed by atoms with E-state index in [9.17, 15) is 29.4 Å². The third-order valence-corrected chi connectivity index (χ3v) is 12.9. The van der Waals surface area contributed by atoms with E-state index in [1.807, 2.05) is 13.8 Å². The molecule has 2 spiro atoms. The molecule has 8 atom stereocenters. The second kappa shape index (κ2) is 10.3. The van der Waals surface area contributed by atoms with Crippen LogP contribution in [0.4, 0.5) is 0 Å². The van der Waals surface area contributed by atoms with Gasteiger partial charge in [0, 0.05) is 30.2 Å². The molecule has 5 saturated carbocycles. The molecule has 1 aromatic rings. The van der Waals surface area contributed by atoms with Gasteiger partial charge in [0.05, 0.1) is 25.0 Å². The number of rotatable bonds is 6. The molecule has 7 fully saturated rings. The van der Waals surface area contributed by atoms with Crippen LogP contribution in [0.1, 0.15) is 82.0 Å². The Morgan fingerprint density at radius 1 is 1.04 bits per heavy atom. The second-order valence-corrected chi connectivity index (χ2v) is 15.3. The molecule has 9 heteroatoms. The van der Waals surface area contributed by atoms with E-state index in [1.54, 1.807) is 31.4 Å². The lowest BCUT2D eigenvalue weighted by molar-refractivity contribution is -0.437. The van der Waals surface area contributed by atoms with Crippen LogP contribution in [0.15, 0.2) is 36.4 Å². The van der Waals surface area contributed by atoms with Crippen molar-refractivity contribution in [3.05, 3.63) is 42.0 Å². The van der Waals surface area contributed by atoms with Gasteiger partial charge in [-0.15, -0.1) is 0 Å². The molecule has 2 aliphatic heterocycles. The number of ether oxygens (including phenoxy) is 3. The minimum absolute atomic E-state index is 0.0478. The number of hydrogen-bond donors (Lipinski definition) is 2. The summed E-state index contributed by atoms with van der Waals surface area (Å²) in [4.78, 5) is 54.9.